The van der Waals surface area contributed by atoms with Crippen molar-refractivity contribution in [2.24, 2.45) is 0 Å². The molecule has 3 nitrogen and oxygen atoms in total. The van der Waals surface area contributed by atoms with Crippen molar-refractivity contribution in [2.45, 2.75) is 46.0 Å². The molecule has 0 heterocycles. The maximum Gasteiger partial charge on any atom is 0.0781 e. The third-order valence-electron chi connectivity index (χ3n) is 1.29. The Morgan fingerprint density at radius 3 is 2.00 bits per heavy atom. The zero-order valence-corrected chi connectivity index (χ0v) is 8.41. The van der Waals surface area contributed by atoms with Crippen LogP contribution in [0.3, 0.4) is 0 Å². The topological polar surface area (TPSA) is 38.7 Å². The van der Waals surface area contributed by atoms with Gasteiger partial charge in [-0.25, -0.2) is 0 Å². The molecule has 3 heteroatoms. The summed E-state index contributed by atoms with van der Waals surface area (Å²) < 4.78 is 10.6. The second-order valence-electron chi connectivity index (χ2n) is 3.38. The fourth-order valence-corrected chi connectivity index (χ4v) is 0.680. The maximum atomic E-state index is 8.91. The Balaban J connectivity index is 3.27. The molecule has 2 atom stereocenters. The van der Waals surface area contributed by atoms with Gasteiger partial charge in [-0.2, -0.15) is 0 Å². The van der Waals surface area contributed by atoms with E-state index in [0.29, 0.717) is 13.2 Å². The van der Waals surface area contributed by atoms with Crippen molar-refractivity contribution in [1.29, 1.82) is 0 Å². The van der Waals surface area contributed by atoms with Crippen LogP contribution in [0.15, 0.2) is 0 Å². The Morgan fingerprint density at radius 1 is 1.00 bits per heavy atom. The summed E-state index contributed by atoms with van der Waals surface area (Å²) in [6, 6.07) is 0. The van der Waals surface area contributed by atoms with Crippen molar-refractivity contribution < 1.29 is 14.6 Å². The van der Waals surface area contributed by atoms with Crippen LogP contribution in [0.25, 0.3) is 0 Å². The molecule has 0 saturated heterocycles. The zero-order valence-electron chi connectivity index (χ0n) is 8.41. The molecule has 0 aromatic heterocycles. The van der Waals surface area contributed by atoms with Gasteiger partial charge in [-0.1, -0.05) is 0 Å². The molecule has 0 unspecified atom stereocenters. The predicted octanol–water partition coefficient (Wildman–Crippen LogP) is 1.20. The highest BCUT2D eigenvalue weighted by Gasteiger charge is 2.05. The molecule has 0 aromatic rings. The lowest BCUT2D eigenvalue weighted by molar-refractivity contribution is -0.0493. The van der Waals surface area contributed by atoms with Crippen LogP contribution in [-0.4, -0.2) is 36.6 Å². The van der Waals surface area contributed by atoms with Gasteiger partial charge in [0.15, 0.2) is 0 Å². The zero-order chi connectivity index (χ0) is 9.56. The molecule has 0 fully saturated rings. The SMILES string of the molecule is CC(C)OC[C@H](C)OC[C@H](C)O. The molecule has 0 amide bonds. The van der Waals surface area contributed by atoms with Crippen molar-refractivity contribution in [3.63, 3.8) is 0 Å². The van der Waals surface area contributed by atoms with Crippen LogP contribution in [0.2, 0.25) is 0 Å². The van der Waals surface area contributed by atoms with E-state index in [0.717, 1.165) is 0 Å². The maximum absolute atomic E-state index is 8.91. The minimum absolute atomic E-state index is 0.0574. The van der Waals surface area contributed by atoms with Crippen molar-refractivity contribution in [1.82, 2.24) is 0 Å². The summed E-state index contributed by atoms with van der Waals surface area (Å²) in [5, 5.41) is 8.91. The van der Waals surface area contributed by atoms with Crippen LogP contribution in [0.4, 0.5) is 0 Å². The van der Waals surface area contributed by atoms with Crippen molar-refractivity contribution in [3.05, 3.63) is 0 Å². The molecule has 0 aliphatic carbocycles. The van der Waals surface area contributed by atoms with Crippen LogP contribution in [-0.2, 0) is 9.47 Å². The van der Waals surface area contributed by atoms with Crippen LogP contribution in [0, 0.1) is 0 Å². The van der Waals surface area contributed by atoms with Gasteiger partial charge in [0, 0.05) is 0 Å². The van der Waals surface area contributed by atoms with Gasteiger partial charge in [0.2, 0.25) is 0 Å². The molecule has 0 radical (unpaired) electrons. The Morgan fingerprint density at radius 2 is 1.58 bits per heavy atom. The normalized spacial score (nSPS) is 16.5. The first kappa shape index (κ1) is 11.9. The Kier molecular flexibility index (Phi) is 6.34. The molecule has 12 heavy (non-hydrogen) atoms. The summed E-state index contributed by atoms with van der Waals surface area (Å²) in [7, 11) is 0. The van der Waals surface area contributed by atoms with Gasteiger partial charge in [0.25, 0.3) is 0 Å². The highest BCUT2D eigenvalue weighted by atomic mass is 16.5. The molecular weight excluding hydrogens is 156 g/mol. The summed E-state index contributed by atoms with van der Waals surface area (Å²) in [6.07, 6.45) is -0.101. The molecule has 1 N–H and O–H groups in total. The molecule has 0 bridgehead atoms. The summed E-state index contributed by atoms with van der Waals surface area (Å²) in [6.45, 7) is 8.58. The molecule has 0 aliphatic rings. The van der Waals surface area contributed by atoms with Gasteiger partial charge in [-0.3, -0.25) is 0 Å². The van der Waals surface area contributed by atoms with E-state index < -0.39 is 6.10 Å². The Hall–Kier alpha value is -0.120. The highest BCUT2D eigenvalue weighted by Crippen LogP contribution is 1.96. The lowest BCUT2D eigenvalue weighted by Crippen LogP contribution is -2.22. The molecule has 0 rings (SSSR count). The summed E-state index contributed by atoms with van der Waals surface area (Å²) in [5.74, 6) is 0. The summed E-state index contributed by atoms with van der Waals surface area (Å²) in [4.78, 5) is 0. The second kappa shape index (κ2) is 6.40. The first-order chi connectivity index (χ1) is 5.52. The van der Waals surface area contributed by atoms with Crippen LogP contribution < -0.4 is 0 Å². The number of ether oxygens (including phenoxy) is 2. The van der Waals surface area contributed by atoms with E-state index in [1.807, 2.05) is 20.8 Å². The van der Waals surface area contributed by atoms with E-state index in [1.165, 1.54) is 0 Å². The number of rotatable bonds is 6. The van der Waals surface area contributed by atoms with Crippen LogP contribution in [0.5, 0.6) is 0 Å². The molecule has 74 valence electrons. The monoisotopic (exact) mass is 176 g/mol. The lowest BCUT2D eigenvalue weighted by Gasteiger charge is -2.15. The number of aliphatic hydroxyl groups is 1. The van der Waals surface area contributed by atoms with E-state index in [9.17, 15) is 0 Å². The predicted molar refractivity (Wildman–Crippen MR) is 48.2 cm³/mol. The van der Waals surface area contributed by atoms with Gasteiger partial charge in [-0.05, 0) is 27.7 Å². The third kappa shape index (κ3) is 7.98. The van der Waals surface area contributed by atoms with Gasteiger partial charge < -0.3 is 14.6 Å². The number of hydrogen-bond donors (Lipinski definition) is 1. The average Bonchev–Trinajstić information content (AvgIpc) is 1.96. The van der Waals surface area contributed by atoms with Gasteiger partial charge >= 0.3 is 0 Å². The van der Waals surface area contributed by atoms with E-state index in [4.69, 9.17) is 14.6 Å². The third-order valence-corrected chi connectivity index (χ3v) is 1.29. The fraction of sp³-hybridized carbons (Fsp3) is 1.00. The summed E-state index contributed by atoms with van der Waals surface area (Å²) in [5.41, 5.74) is 0. The van der Waals surface area contributed by atoms with Gasteiger partial charge in [0.05, 0.1) is 31.5 Å². The quantitative estimate of drug-likeness (QED) is 0.661. The Bertz CT molecular complexity index is 89.9. The highest BCUT2D eigenvalue weighted by molar-refractivity contribution is 4.51. The first-order valence-electron chi connectivity index (χ1n) is 4.43. The largest absolute Gasteiger partial charge is 0.391 e. The van der Waals surface area contributed by atoms with E-state index in [1.54, 1.807) is 6.92 Å². The Labute approximate surface area is 74.7 Å². The molecule has 0 aliphatic heterocycles. The van der Waals surface area contributed by atoms with Crippen molar-refractivity contribution in [3.8, 4) is 0 Å². The van der Waals surface area contributed by atoms with Crippen molar-refractivity contribution >= 4 is 0 Å². The van der Waals surface area contributed by atoms with Gasteiger partial charge in [0.1, 0.15) is 0 Å². The average molecular weight is 176 g/mol. The minimum Gasteiger partial charge on any atom is -0.391 e. The second-order valence-corrected chi connectivity index (χ2v) is 3.38. The fourth-order valence-electron chi connectivity index (χ4n) is 0.680. The smallest absolute Gasteiger partial charge is 0.0781 e. The lowest BCUT2D eigenvalue weighted by atomic mass is 10.4. The van der Waals surface area contributed by atoms with E-state index in [-0.39, 0.29) is 12.2 Å². The summed E-state index contributed by atoms with van der Waals surface area (Å²) >= 11 is 0. The standard InChI is InChI=1S/C9H20O3/c1-7(2)11-6-9(4)12-5-8(3)10/h7-10H,5-6H2,1-4H3/t8-,9-/m0/s1. The van der Waals surface area contributed by atoms with E-state index >= 15 is 0 Å². The minimum atomic E-state index is -0.397. The number of hydrogen-bond acceptors (Lipinski definition) is 3. The van der Waals surface area contributed by atoms with Crippen LogP contribution >= 0.6 is 0 Å². The first-order valence-corrected chi connectivity index (χ1v) is 4.43. The number of aliphatic hydroxyl groups excluding tert-OH is 1. The molecular formula is C9H20O3. The van der Waals surface area contributed by atoms with Crippen molar-refractivity contribution in [2.75, 3.05) is 13.2 Å². The molecule has 0 aromatic carbocycles. The van der Waals surface area contributed by atoms with Gasteiger partial charge in [-0.15, -0.1) is 0 Å². The van der Waals surface area contributed by atoms with Crippen LogP contribution in [0.1, 0.15) is 27.7 Å². The van der Waals surface area contributed by atoms with E-state index in [2.05, 4.69) is 0 Å². The molecule has 0 saturated carbocycles. The molecule has 0 spiro atoms.